The standard InChI is InChI=1S/C21H36N4O.HI/c1-5-22-21(25(4)12-13-26-17-18-10-11-18)23-15-19-8-7-9-20(14-19)16-24(3)6-2;/h7-9,14,18H,5-6,10-13,15-17H2,1-4H3,(H,22,23);1H. The highest BCUT2D eigenvalue weighted by atomic mass is 127. The van der Waals surface area contributed by atoms with E-state index < -0.39 is 0 Å². The van der Waals surface area contributed by atoms with Gasteiger partial charge in [-0.3, -0.25) is 0 Å². The van der Waals surface area contributed by atoms with Crippen LogP contribution in [0, 0.1) is 5.92 Å². The fourth-order valence-electron chi connectivity index (χ4n) is 2.73. The van der Waals surface area contributed by atoms with E-state index in [1.54, 1.807) is 0 Å². The Morgan fingerprint density at radius 1 is 1.22 bits per heavy atom. The molecule has 0 spiro atoms. The van der Waals surface area contributed by atoms with Crippen LogP contribution in [-0.4, -0.2) is 62.7 Å². The van der Waals surface area contributed by atoms with Gasteiger partial charge < -0.3 is 19.9 Å². The molecule has 0 unspecified atom stereocenters. The molecule has 5 nitrogen and oxygen atoms in total. The molecule has 1 aromatic rings. The summed E-state index contributed by atoms with van der Waals surface area (Å²) in [6.45, 7) is 10.4. The lowest BCUT2D eigenvalue weighted by molar-refractivity contribution is 0.115. The molecule has 0 bridgehead atoms. The first-order valence-electron chi connectivity index (χ1n) is 9.95. The molecule has 6 heteroatoms. The molecule has 1 aromatic carbocycles. The molecular weight excluding hydrogens is 451 g/mol. The molecule has 0 radical (unpaired) electrons. The molecule has 1 fully saturated rings. The second-order valence-electron chi connectivity index (χ2n) is 7.26. The van der Waals surface area contributed by atoms with Gasteiger partial charge in [0, 0.05) is 33.3 Å². The number of hydrogen-bond donors (Lipinski definition) is 1. The number of aliphatic imine (C=N–C) groups is 1. The molecule has 1 saturated carbocycles. The van der Waals surface area contributed by atoms with Crippen molar-refractivity contribution in [1.82, 2.24) is 15.1 Å². The second-order valence-corrected chi connectivity index (χ2v) is 7.26. The Kier molecular flexibility index (Phi) is 11.9. The second kappa shape index (κ2) is 13.3. The summed E-state index contributed by atoms with van der Waals surface area (Å²) in [5.41, 5.74) is 2.59. The van der Waals surface area contributed by atoms with E-state index in [2.05, 4.69) is 67.3 Å². The molecule has 2 rings (SSSR count). The lowest BCUT2D eigenvalue weighted by Gasteiger charge is -2.22. The maximum absolute atomic E-state index is 5.75. The number of benzene rings is 1. The SMILES string of the molecule is CCNC(=NCc1cccc(CN(C)CC)c1)N(C)CCOCC1CC1.I. The van der Waals surface area contributed by atoms with Crippen LogP contribution in [-0.2, 0) is 17.8 Å². The summed E-state index contributed by atoms with van der Waals surface area (Å²) in [6.07, 6.45) is 2.68. The van der Waals surface area contributed by atoms with E-state index in [1.165, 1.54) is 24.0 Å². The predicted octanol–water partition coefficient (Wildman–Crippen LogP) is 3.58. The fourth-order valence-corrected chi connectivity index (χ4v) is 2.73. The van der Waals surface area contributed by atoms with Crippen molar-refractivity contribution in [2.24, 2.45) is 10.9 Å². The van der Waals surface area contributed by atoms with Crippen molar-refractivity contribution in [2.75, 3.05) is 46.9 Å². The van der Waals surface area contributed by atoms with Gasteiger partial charge in [-0.1, -0.05) is 31.2 Å². The van der Waals surface area contributed by atoms with Gasteiger partial charge in [0.2, 0.25) is 0 Å². The number of hydrogen-bond acceptors (Lipinski definition) is 3. The summed E-state index contributed by atoms with van der Waals surface area (Å²) in [6, 6.07) is 8.74. The Balaban J connectivity index is 0.00000364. The zero-order chi connectivity index (χ0) is 18.8. The Morgan fingerprint density at radius 3 is 2.63 bits per heavy atom. The summed E-state index contributed by atoms with van der Waals surface area (Å²) in [5.74, 6) is 1.76. The monoisotopic (exact) mass is 488 g/mol. The van der Waals surface area contributed by atoms with E-state index >= 15 is 0 Å². The van der Waals surface area contributed by atoms with Crippen LogP contribution in [0.1, 0.15) is 37.8 Å². The maximum atomic E-state index is 5.75. The zero-order valence-corrected chi connectivity index (χ0v) is 19.7. The number of guanidine groups is 1. The highest BCUT2D eigenvalue weighted by Gasteiger charge is 2.21. The molecule has 0 aliphatic heterocycles. The lowest BCUT2D eigenvalue weighted by Crippen LogP contribution is -2.40. The van der Waals surface area contributed by atoms with Crippen LogP contribution < -0.4 is 5.32 Å². The lowest BCUT2D eigenvalue weighted by atomic mass is 10.1. The van der Waals surface area contributed by atoms with Crippen LogP contribution in [0.5, 0.6) is 0 Å². The summed E-state index contributed by atoms with van der Waals surface area (Å²) in [4.78, 5) is 9.28. The molecule has 0 amide bonds. The Morgan fingerprint density at radius 2 is 1.96 bits per heavy atom. The van der Waals surface area contributed by atoms with Crippen LogP contribution in [0.25, 0.3) is 0 Å². The van der Waals surface area contributed by atoms with E-state index in [-0.39, 0.29) is 24.0 Å². The maximum Gasteiger partial charge on any atom is 0.194 e. The molecular formula is C21H37IN4O. The highest BCUT2D eigenvalue weighted by Crippen LogP contribution is 2.28. The number of ether oxygens (including phenoxy) is 1. The van der Waals surface area contributed by atoms with Crippen LogP contribution in [0.3, 0.4) is 0 Å². The van der Waals surface area contributed by atoms with Crippen molar-refractivity contribution in [3.63, 3.8) is 0 Å². The van der Waals surface area contributed by atoms with Gasteiger partial charge in [0.15, 0.2) is 5.96 Å². The number of rotatable bonds is 11. The largest absolute Gasteiger partial charge is 0.379 e. The van der Waals surface area contributed by atoms with Crippen LogP contribution in [0.4, 0.5) is 0 Å². The average Bonchev–Trinajstić information content (AvgIpc) is 3.46. The topological polar surface area (TPSA) is 40.1 Å². The Hall–Kier alpha value is -0.860. The van der Waals surface area contributed by atoms with Gasteiger partial charge in [0.1, 0.15) is 0 Å². The average molecular weight is 488 g/mol. The van der Waals surface area contributed by atoms with Crippen LogP contribution in [0.15, 0.2) is 29.3 Å². The molecule has 0 aromatic heterocycles. The molecule has 1 aliphatic carbocycles. The third-order valence-corrected chi connectivity index (χ3v) is 4.71. The minimum Gasteiger partial charge on any atom is -0.379 e. The number of halogens is 1. The van der Waals surface area contributed by atoms with Gasteiger partial charge in [0.25, 0.3) is 0 Å². The van der Waals surface area contributed by atoms with Gasteiger partial charge >= 0.3 is 0 Å². The third kappa shape index (κ3) is 9.76. The van der Waals surface area contributed by atoms with Crippen molar-refractivity contribution in [1.29, 1.82) is 0 Å². The molecule has 27 heavy (non-hydrogen) atoms. The zero-order valence-electron chi connectivity index (χ0n) is 17.4. The molecule has 0 heterocycles. The summed E-state index contributed by atoms with van der Waals surface area (Å²) in [5, 5.41) is 3.38. The van der Waals surface area contributed by atoms with Crippen molar-refractivity contribution in [2.45, 2.75) is 39.8 Å². The summed E-state index contributed by atoms with van der Waals surface area (Å²) in [7, 11) is 4.23. The van der Waals surface area contributed by atoms with E-state index in [4.69, 9.17) is 9.73 Å². The van der Waals surface area contributed by atoms with Crippen molar-refractivity contribution in [3.05, 3.63) is 35.4 Å². The van der Waals surface area contributed by atoms with Gasteiger partial charge in [-0.05, 0) is 50.4 Å². The fraction of sp³-hybridized carbons (Fsp3) is 0.667. The number of likely N-dealkylation sites (N-methyl/N-ethyl adjacent to an activating group) is 1. The Bertz CT molecular complexity index is 563. The molecule has 1 aliphatic rings. The quantitative estimate of drug-likeness (QED) is 0.224. The first kappa shape index (κ1) is 24.2. The van der Waals surface area contributed by atoms with Crippen molar-refractivity contribution < 1.29 is 4.74 Å². The molecule has 154 valence electrons. The van der Waals surface area contributed by atoms with E-state index in [1.807, 2.05) is 0 Å². The van der Waals surface area contributed by atoms with Crippen LogP contribution in [0.2, 0.25) is 0 Å². The third-order valence-electron chi connectivity index (χ3n) is 4.71. The van der Waals surface area contributed by atoms with Gasteiger partial charge in [-0.15, -0.1) is 24.0 Å². The number of nitrogens with zero attached hydrogens (tertiary/aromatic N) is 3. The normalized spacial score (nSPS) is 14.2. The molecule has 0 atom stereocenters. The molecule has 0 saturated heterocycles. The van der Waals surface area contributed by atoms with Gasteiger partial charge in [0.05, 0.1) is 13.2 Å². The minimum atomic E-state index is 0. The van der Waals surface area contributed by atoms with Crippen molar-refractivity contribution in [3.8, 4) is 0 Å². The first-order valence-corrected chi connectivity index (χ1v) is 9.95. The van der Waals surface area contributed by atoms with E-state index in [0.717, 1.165) is 51.3 Å². The Labute approximate surface area is 182 Å². The van der Waals surface area contributed by atoms with Crippen LogP contribution >= 0.6 is 24.0 Å². The smallest absolute Gasteiger partial charge is 0.194 e. The highest BCUT2D eigenvalue weighted by molar-refractivity contribution is 14.0. The summed E-state index contributed by atoms with van der Waals surface area (Å²) < 4.78 is 5.75. The molecule has 1 N–H and O–H groups in total. The predicted molar refractivity (Wildman–Crippen MR) is 125 cm³/mol. The van der Waals surface area contributed by atoms with E-state index in [9.17, 15) is 0 Å². The first-order chi connectivity index (χ1) is 12.6. The van der Waals surface area contributed by atoms with Gasteiger partial charge in [-0.2, -0.15) is 0 Å². The van der Waals surface area contributed by atoms with Gasteiger partial charge in [-0.25, -0.2) is 4.99 Å². The van der Waals surface area contributed by atoms with E-state index in [0.29, 0.717) is 6.54 Å². The summed E-state index contributed by atoms with van der Waals surface area (Å²) >= 11 is 0. The number of nitrogens with one attached hydrogen (secondary N) is 1. The minimum absolute atomic E-state index is 0. The van der Waals surface area contributed by atoms with Crippen molar-refractivity contribution >= 4 is 29.9 Å².